The first kappa shape index (κ1) is 13.4. The molecule has 0 spiro atoms. The molecule has 0 amide bonds. The molecule has 1 N–H and O–H groups in total. The average molecular weight is 238 g/mol. The van der Waals surface area contributed by atoms with Gasteiger partial charge in [0.25, 0.3) is 0 Å². The standard InChI is InChI=1S/C13H18O4/c1-5-10(13(14)15)9-6-8(2)12(17-4)11(7-9)16-3/h6-7,10H,5H2,1-4H3,(H,14,15)/t10-/m1/s1. The average Bonchev–Trinajstić information content (AvgIpc) is 2.28. The Kier molecular flexibility index (Phi) is 4.37. The molecule has 0 aromatic heterocycles. The van der Waals surface area contributed by atoms with Crippen LogP contribution < -0.4 is 9.47 Å². The first-order valence-corrected chi connectivity index (χ1v) is 5.50. The van der Waals surface area contributed by atoms with Crippen LogP contribution >= 0.6 is 0 Å². The topological polar surface area (TPSA) is 55.8 Å². The van der Waals surface area contributed by atoms with Crippen LogP contribution in [0.4, 0.5) is 0 Å². The number of hydrogen-bond donors (Lipinski definition) is 1. The molecule has 0 unspecified atom stereocenters. The van der Waals surface area contributed by atoms with Crippen molar-refractivity contribution in [2.75, 3.05) is 14.2 Å². The van der Waals surface area contributed by atoms with Crippen LogP contribution in [0.15, 0.2) is 12.1 Å². The van der Waals surface area contributed by atoms with E-state index in [-0.39, 0.29) is 0 Å². The fraction of sp³-hybridized carbons (Fsp3) is 0.462. The van der Waals surface area contributed by atoms with E-state index in [1.165, 1.54) is 0 Å². The highest BCUT2D eigenvalue weighted by Gasteiger charge is 2.20. The molecule has 4 nitrogen and oxygen atoms in total. The molecule has 0 saturated heterocycles. The Hall–Kier alpha value is -1.71. The fourth-order valence-corrected chi connectivity index (χ4v) is 1.94. The van der Waals surface area contributed by atoms with Gasteiger partial charge in [0.15, 0.2) is 11.5 Å². The minimum atomic E-state index is -0.820. The van der Waals surface area contributed by atoms with Gasteiger partial charge in [-0.05, 0) is 30.5 Å². The van der Waals surface area contributed by atoms with Gasteiger partial charge in [0.05, 0.1) is 20.1 Å². The lowest BCUT2D eigenvalue weighted by atomic mass is 9.94. The summed E-state index contributed by atoms with van der Waals surface area (Å²) < 4.78 is 10.4. The van der Waals surface area contributed by atoms with E-state index in [1.54, 1.807) is 20.3 Å². The summed E-state index contributed by atoms with van der Waals surface area (Å²) in [7, 11) is 3.11. The molecule has 1 rings (SSSR count). The van der Waals surface area contributed by atoms with Gasteiger partial charge in [-0.2, -0.15) is 0 Å². The number of carboxylic acids is 1. The van der Waals surface area contributed by atoms with E-state index < -0.39 is 11.9 Å². The lowest BCUT2D eigenvalue weighted by molar-refractivity contribution is -0.138. The molecule has 94 valence electrons. The van der Waals surface area contributed by atoms with Crippen LogP contribution in [0.1, 0.15) is 30.4 Å². The first-order chi connectivity index (χ1) is 8.04. The summed E-state index contributed by atoms with van der Waals surface area (Å²) in [5.74, 6) is -0.105. The number of rotatable bonds is 5. The predicted octanol–water partition coefficient (Wildman–Crippen LogP) is 2.59. The molecule has 0 aliphatic rings. The molecule has 1 aromatic rings. The molecular formula is C13H18O4. The van der Waals surface area contributed by atoms with Crippen LogP contribution in [-0.4, -0.2) is 25.3 Å². The van der Waals surface area contributed by atoms with Gasteiger partial charge in [0.2, 0.25) is 0 Å². The molecule has 0 aliphatic heterocycles. The maximum atomic E-state index is 11.1. The molecule has 4 heteroatoms. The normalized spacial score (nSPS) is 12.0. The Morgan fingerprint density at radius 1 is 1.35 bits per heavy atom. The van der Waals surface area contributed by atoms with Gasteiger partial charge in [0.1, 0.15) is 0 Å². The Bertz CT molecular complexity index is 412. The smallest absolute Gasteiger partial charge is 0.310 e. The Morgan fingerprint density at radius 3 is 2.41 bits per heavy atom. The number of hydrogen-bond acceptors (Lipinski definition) is 3. The quantitative estimate of drug-likeness (QED) is 0.856. The van der Waals surface area contributed by atoms with Crippen LogP contribution in [-0.2, 0) is 4.79 Å². The van der Waals surface area contributed by atoms with Crippen molar-refractivity contribution in [3.63, 3.8) is 0 Å². The first-order valence-electron chi connectivity index (χ1n) is 5.50. The van der Waals surface area contributed by atoms with Crippen LogP contribution in [0.25, 0.3) is 0 Å². The molecule has 1 atom stereocenters. The van der Waals surface area contributed by atoms with Gasteiger partial charge in [-0.15, -0.1) is 0 Å². The number of carboxylic acid groups (broad SMARTS) is 1. The Morgan fingerprint density at radius 2 is 2.00 bits per heavy atom. The maximum Gasteiger partial charge on any atom is 0.310 e. The van der Waals surface area contributed by atoms with E-state index in [0.717, 1.165) is 11.1 Å². The molecule has 0 saturated carbocycles. The van der Waals surface area contributed by atoms with E-state index in [0.29, 0.717) is 17.9 Å². The van der Waals surface area contributed by atoms with Crippen LogP contribution in [0.5, 0.6) is 11.5 Å². The van der Waals surface area contributed by atoms with Gasteiger partial charge in [-0.3, -0.25) is 4.79 Å². The summed E-state index contributed by atoms with van der Waals surface area (Å²) in [5.41, 5.74) is 1.62. The van der Waals surface area contributed by atoms with Gasteiger partial charge < -0.3 is 14.6 Å². The van der Waals surface area contributed by atoms with Crippen molar-refractivity contribution < 1.29 is 19.4 Å². The molecule has 0 heterocycles. The van der Waals surface area contributed by atoms with Crippen molar-refractivity contribution >= 4 is 5.97 Å². The zero-order valence-corrected chi connectivity index (χ0v) is 10.6. The van der Waals surface area contributed by atoms with Crippen molar-refractivity contribution in [2.45, 2.75) is 26.2 Å². The number of ether oxygens (including phenoxy) is 2. The lowest BCUT2D eigenvalue weighted by Gasteiger charge is -2.16. The molecule has 1 aromatic carbocycles. The summed E-state index contributed by atoms with van der Waals surface area (Å²) in [5, 5.41) is 9.14. The van der Waals surface area contributed by atoms with Crippen LogP contribution in [0.3, 0.4) is 0 Å². The molecule has 0 aliphatic carbocycles. The highest BCUT2D eigenvalue weighted by molar-refractivity contribution is 5.76. The van der Waals surface area contributed by atoms with Gasteiger partial charge in [-0.1, -0.05) is 13.0 Å². The maximum absolute atomic E-state index is 11.1. The summed E-state index contributed by atoms with van der Waals surface area (Å²) in [4.78, 5) is 11.1. The largest absolute Gasteiger partial charge is 0.493 e. The Labute approximate surface area is 101 Å². The van der Waals surface area contributed by atoms with Gasteiger partial charge in [-0.25, -0.2) is 0 Å². The molecular weight excluding hydrogens is 220 g/mol. The van der Waals surface area contributed by atoms with E-state index in [2.05, 4.69) is 0 Å². The fourth-order valence-electron chi connectivity index (χ4n) is 1.94. The summed E-state index contributed by atoms with van der Waals surface area (Å²) in [6, 6.07) is 3.57. The predicted molar refractivity (Wildman–Crippen MR) is 65.0 cm³/mol. The molecule has 0 fully saturated rings. The number of aryl methyl sites for hydroxylation is 1. The highest BCUT2D eigenvalue weighted by atomic mass is 16.5. The third kappa shape index (κ3) is 2.70. The monoisotopic (exact) mass is 238 g/mol. The van der Waals surface area contributed by atoms with Crippen LogP contribution in [0.2, 0.25) is 0 Å². The molecule has 0 bridgehead atoms. The lowest BCUT2D eigenvalue weighted by Crippen LogP contribution is -2.11. The minimum absolute atomic E-state index is 0.506. The third-order valence-electron chi connectivity index (χ3n) is 2.80. The number of aliphatic carboxylic acids is 1. The zero-order chi connectivity index (χ0) is 13.0. The SMILES string of the molecule is CC[C@@H](C(=O)O)c1cc(C)c(OC)c(OC)c1. The highest BCUT2D eigenvalue weighted by Crippen LogP contribution is 2.35. The number of benzene rings is 1. The van der Waals surface area contributed by atoms with Crippen LogP contribution in [0, 0.1) is 6.92 Å². The summed E-state index contributed by atoms with van der Waals surface area (Å²) in [6.45, 7) is 3.73. The number of methoxy groups -OCH3 is 2. The molecule has 0 radical (unpaired) electrons. The zero-order valence-electron chi connectivity index (χ0n) is 10.6. The Balaban J connectivity index is 3.27. The second kappa shape index (κ2) is 5.57. The third-order valence-corrected chi connectivity index (χ3v) is 2.80. The van der Waals surface area contributed by atoms with Crippen molar-refractivity contribution in [1.29, 1.82) is 0 Å². The summed E-state index contributed by atoms with van der Waals surface area (Å²) >= 11 is 0. The van der Waals surface area contributed by atoms with E-state index in [4.69, 9.17) is 14.6 Å². The van der Waals surface area contributed by atoms with E-state index in [1.807, 2.05) is 19.9 Å². The minimum Gasteiger partial charge on any atom is -0.493 e. The van der Waals surface area contributed by atoms with Crippen molar-refractivity contribution in [1.82, 2.24) is 0 Å². The molecule has 17 heavy (non-hydrogen) atoms. The second-order valence-electron chi connectivity index (χ2n) is 3.87. The van der Waals surface area contributed by atoms with E-state index in [9.17, 15) is 4.79 Å². The van der Waals surface area contributed by atoms with Crippen molar-refractivity contribution in [3.8, 4) is 11.5 Å². The van der Waals surface area contributed by atoms with Crippen molar-refractivity contribution in [3.05, 3.63) is 23.3 Å². The second-order valence-corrected chi connectivity index (χ2v) is 3.87. The van der Waals surface area contributed by atoms with Crippen molar-refractivity contribution in [2.24, 2.45) is 0 Å². The van der Waals surface area contributed by atoms with E-state index >= 15 is 0 Å². The number of carbonyl (C=O) groups is 1. The van der Waals surface area contributed by atoms with Gasteiger partial charge >= 0.3 is 5.97 Å². The van der Waals surface area contributed by atoms with Gasteiger partial charge in [0, 0.05) is 0 Å². The summed E-state index contributed by atoms with van der Waals surface area (Å²) in [6.07, 6.45) is 0.546.